The molecule has 108 valence electrons. The van der Waals surface area contributed by atoms with Crippen molar-refractivity contribution in [2.75, 3.05) is 19.6 Å². The highest BCUT2D eigenvalue weighted by atomic mass is 16.3. The molecule has 1 saturated carbocycles. The van der Waals surface area contributed by atoms with E-state index in [-0.39, 0.29) is 0 Å². The summed E-state index contributed by atoms with van der Waals surface area (Å²) in [4.78, 5) is 6.21. The number of hydrogen-bond donors (Lipinski definition) is 2. The maximum atomic E-state index is 10.1. The first kappa shape index (κ1) is 14.9. The summed E-state index contributed by atoms with van der Waals surface area (Å²) in [6, 6.07) is 6.69. The summed E-state index contributed by atoms with van der Waals surface area (Å²) in [6.07, 6.45) is 6.10. The summed E-state index contributed by atoms with van der Waals surface area (Å²) in [7, 11) is 0. The fraction of sp³-hybridized carbons (Fsp3) is 0.600. The van der Waals surface area contributed by atoms with Crippen molar-refractivity contribution in [2.45, 2.75) is 38.0 Å². The molecular weight excluding hydrogens is 252 g/mol. The van der Waals surface area contributed by atoms with E-state index in [1.165, 1.54) is 12.8 Å². The number of aliphatic hydroxyl groups excluding tert-OH is 1. The topological polar surface area (TPSA) is 72.2 Å². The summed E-state index contributed by atoms with van der Waals surface area (Å²) in [5.41, 5.74) is 1.10. The van der Waals surface area contributed by atoms with Gasteiger partial charge in [-0.2, -0.15) is 5.26 Å². The number of aliphatic hydroxyl groups is 1. The van der Waals surface area contributed by atoms with Crippen molar-refractivity contribution >= 4 is 0 Å². The predicted molar refractivity (Wildman–Crippen MR) is 76.8 cm³/mol. The second-order valence-electron chi connectivity index (χ2n) is 5.34. The summed E-state index contributed by atoms with van der Waals surface area (Å²) in [5.74, 6) is 0. The van der Waals surface area contributed by atoms with Crippen LogP contribution in [-0.4, -0.2) is 46.8 Å². The molecule has 0 aromatic carbocycles. The van der Waals surface area contributed by atoms with Crippen LogP contribution >= 0.6 is 0 Å². The van der Waals surface area contributed by atoms with Crippen molar-refractivity contribution in [1.29, 1.82) is 5.26 Å². The smallest absolute Gasteiger partial charge is 0.0791 e. The van der Waals surface area contributed by atoms with Crippen molar-refractivity contribution in [3.63, 3.8) is 0 Å². The summed E-state index contributed by atoms with van der Waals surface area (Å²) >= 11 is 0. The third kappa shape index (κ3) is 5.66. The second-order valence-corrected chi connectivity index (χ2v) is 5.34. The molecule has 0 aliphatic heterocycles. The molecule has 1 aromatic heterocycles. The van der Waals surface area contributed by atoms with E-state index in [1.807, 2.05) is 18.3 Å². The molecular formula is C15H22N4O. The van der Waals surface area contributed by atoms with Crippen molar-refractivity contribution < 1.29 is 5.11 Å². The van der Waals surface area contributed by atoms with Crippen molar-refractivity contribution in [1.82, 2.24) is 15.2 Å². The van der Waals surface area contributed by atoms with Gasteiger partial charge in [-0.1, -0.05) is 6.07 Å². The molecule has 1 aliphatic carbocycles. The van der Waals surface area contributed by atoms with Gasteiger partial charge in [-0.05, 0) is 24.5 Å². The monoisotopic (exact) mass is 274 g/mol. The van der Waals surface area contributed by atoms with Gasteiger partial charge >= 0.3 is 0 Å². The number of nitrogens with zero attached hydrogens (tertiary/aromatic N) is 3. The highest BCUT2D eigenvalue weighted by Gasteiger charge is 2.22. The van der Waals surface area contributed by atoms with Gasteiger partial charge < -0.3 is 10.4 Å². The Morgan fingerprint density at radius 2 is 2.40 bits per heavy atom. The molecule has 0 spiro atoms. The van der Waals surface area contributed by atoms with Gasteiger partial charge in [-0.25, -0.2) is 0 Å². The summed E-state index contributed by atoms with van der Waals surface area (Å²) < 4.78 is 0. The van der Waals surface area contributed by atoms with Crippen LogP contribution < -0.4 is 5.32 Å². The number of aromatic nitrogens is 1. The SMILES string of the molecule is N#CCCN(Cc1cccnc1)CC(O)CNC1CC1. The zero-order chi connectivity index (χ0) is 14.2. The van der Waals surface area contributed by atoms with Crippen LogP contribution in [0.3, 0.4) is 0 Å². The minimum atomic E-state index is -0.397. The van der Waals surface area contributed by atoms with Crippen LogP contribution in [0.5, 0.6) is 0 Å². The van der Waals surface area contributed by atoms with E-state index in [0.29, 0.717) is 32.1 Å². The van der Waals surface area contributed by atoms with Gasteiger partial charge in [0.15, 0.2) is 0 Å². The molecule has 1 unspecified atom stereocenters. The van der Waals surface area contributed by atoms with E-state index in [4.69, 9.17) is 5.26 Å². The highest BCUT2D eigenvalue weighted by molar-refractivity contribution is 5.08. The lowest BCUT2D eigenvalue weighted by Gasteiger charge is -2.24. The number of nitrogens with one attached hydrogen (secondary N) is 1. The molecule has 0 bridgehead atoms. The molecule has 1 atom stereocenters. The molecule has 5 heteroatoms. The molecule has 0 saturated heterocycles. The Morgan fingerprint density at radius 1 is 1.55 bits per heavy atom. The van der Waals surface area contributed by atoms with E-state index in [2.05, 4.69) is 21.3 Å². The van der Waals surface area contributed by atoms with E-state index in [1.54, 1.807) is 6.20 Å². The van der Waals surface area contributed by atoms with E-state index in [0.717, 1.165) is 12.1 Å². The van der Waals surface area contributed by atoms with Crippen LogP contribution in [0.15, 0.2) is 24.5 Å². The lowest BCUT2D eigenvalue weighted by molar-refractivity contribution is 0.108. The maximum Gasteiger partial charge on any atom is 0.0791 e. The Bertz CT molecular complexity index is 427. The van der Waals surface area contributed by atoms with Gasteiger partial charge in [0.2, 0.25) is 0 Å². The van der Waals surface area contributed by atoms with Gasteiger partial charge in [-0.15, -0.1) is 0 Å². The minimum Gasteiger partial charge on any atom is -0.390 e. The average molecular weight is 274 g/mol. The number of pyridine rings is 1. The number of hydrogen-bond acceptors (Lipinski definition) is 5. The normalized spacial score (nSPS) is 16.1. The first-order valence-corrected chi connectivity index (χ1v) is 7.17. The maximum absolute atomic E-state index is 10.1. The summed E-state index contributed by atoms with van der Waals surface area (Å²) in [5, 5.41) is 22.1. The van der Waals surface area contributed by atoms with Crippen LogP contribution in [-0.2, 0) is 6.54 Å². The molecule has 0 radical (unpaired) electrons. The lowest BCUT2D eigenvalue weighted by atomic mass is 10.2. The molecule has 2 rings (SSSR count). The zero-order valence-electron chi connectivity index (χ0n) is 11.7. The molecule has 1 aromatic rings. The lowest BCUT2D eigenvalue weighted by Crippen LogP contribution is -2.39. The molecule has 5 nitrogen and oxygen atoms in total. The van der Waals surface area contributed by atoms with Crippen LogP contribution in [0.25, 0.3) is 0 Å². The predicted octanol–water partition coefficient (Wildman–Crippen LogP) is 0.910. The van der Waals surface area contributed by atoms with Crippen molar-refractivity contribution in [3.8, 4) is 6.07 Å². The Hall–Kier alpha value is -1.48. The third-order valence-corrected chi connectivity index (χ3v) is 3.36. The van der Waals surface area contributed by atoms with Gasteiger partial charge in [0.1, 0.15) is 0 Å². The molecule has 1 fully saturated rings. The minimum absolute atomic E-state index is 0.397. The highest BCUT2D eigenvalue weighted by Crippen LogP contribution is 2.18. The molecule has 2 N–H and O–H groups in total. The Kier molecular flexibility index (Phi) is 5.93. The summed E-state index contributed by atoms with van der Waals surface area (Å²) in [6.45, 7) is 2.60. The standard InChI is InChI=1S/C15H22N4O/c16-6-2-8-19(11-13-3-1-7-17-9-13)12-15(20)10-18-14-4-5-14/h1,3,7,9,14-15,18,20H,2,4-5,8,10-12H2. The van der Waals surface area contributed by atoms with E-state index in [9.17, 15) is 5.11 Å². The first-order valence-electron chi connectivity index (χ1n) is 7.17. The molecule has 1 heterocycles. The Morgan fingerprint density at radius 3 is 3.05 bits per heavy atom. The number of nitriles is 1. The third-order valence-electron chi connectivity index (χ3n) is 3.36. The van der Waals surface area contributed by atoms with Gasteiger partial charge in [-0.3, -0.25) is 9.88 Å². The largest absolute Gasteiger partial charge is 0.390 e. The van der Waals surface area contributed by atoms with Crippen molar-refractivity contribution in [3.05, 3.63) is 30.1 Å². The van der Waals surface area contributed by atoms with Gasteiger partial charge in [0.05, 0.1) is 12.2 Å². The average Bonchev–Trinajstić information content (AvgIpc) is 3.28. The van der Waals surface area contributed by atoms with E-state index >= 15 is 0 Å². The fourth-order valence-corrected chi connectivity index (χ4v) is 2.15. The first-order chi connectivity index (χ1) is 9.78. The quantitative estimate of drug-likeness (QED) is 0.700. The van der Waals surface area contributed by atoms with Gasteiger partial charge in [0.25, 0.3) is 0 Å². The fourth-order valence-electron chi connectivity index (χ4n) is 2.15. The van der Waals surface area contributed by atoms with Crippen molar-refractivity contribution in [2.24, 2.45) is 0 Å². The van der Waals surface area contributed by atoms with E-state index < -0.39 is 6.10 Å². The zero-order valence-corrected chi connectivity index (χ0v) is 11.7. The number of rotatable bonds is 9. The van der Waals surface area contributed by atoms with Crippen LogP contribution in [0.1, 0.15) is 24.8 Å². The second kappa shape index (κ2) is 7.95. The van der Waals surface area contributed by atoms with Crippen LogP contribution in [0.2, 0.25) is 0 Å². The Labute approximate surface area is 120 Å². The van der Waals surface area contributed by atoms with Gasteiger partial charge in [0, 0.05) is 51.0 Å². The van der Waals surface area contributed by atoms with Crippen LogP contribution in [0, 0.1) is 11.3 Å². The molecule has 1 aliphatic rings. The molecule has 0 amide bonds. The van der Waals surface area contributed by atoms with Crippen LogP contribution in [0.4, 0.5) is 0 Å². The Balaban J connectivity index is 1.80. The molecule has 20 heavy (non-hydrogen) atoms.